The van der Waals surface area contributed by atoms with Crippen molar-refractivity contribution in [3.8, 4) is 27.9 Å². The van der Waals surface area contributed by atoms with Crippen LogP contribution in [-0.4, -0.2) is 39.2 Å². The molecule has 2 aromatic heterocycles. The van der Waals surface area contributed by atoms with E-state index in [1.165, 1.54) is 18.1 Å². The Balaban J connectivity index is 1.40. The molecule has 1 aliphatic rings. The van der Waals surface area contributed by atoms with Crippen LogP contribution in [0, 0.1) is 5.21 Å². The van der Waals surface area contributed by atoms with E-state index in [1.807, 2.05) is 54.6 Å². The number of rotatable bonds is 5. The number of hydrogen-bond acceptors (Lipinski definition) is 7. The monoisotopic (exact) mass is 608 g/mol. The molecule has 0 saturated carbocycles. The van der Waals surface area contributed by atoms with Crippen LogP contribution in [0.3, 0.4) is 0 Å². The number of hydrogen-bond donors (Lipinski definition) is 1. The zero-order valence-electron chi connectivity index (χ0n) is 23.9. The predicted octanol–water partition coefficient (Wildman–Crippen LogP) is 5.64. The lowest BCUT2D eigenvalue weighted by molar-refractivity contribution is -0.614. The third-order valence-electron chi connectivity index (χ3n) is 7.85. The average Bonchev–Trinajstić information content (AvgIpc) is 3.56. The minimum absolute atomic E-state index is 0.0992. The van der Waals surface area contributed by atoms with Gasteiger partial charge in [-0.3, -0.25) is 9.59 Å². The molecule has 0 saturated heterocycles. The van der Waals surface area contributed by atoms with E-state index in [1.54, 1.807) is 18.3 Å². The standard InChI is InChI=1S/C33H29ClN6O4/c1-44-33(42)16-21-9-12-26-22-5-4-6-23(17-22)27(7-2-3-8-32(41)36-29(26)15-21)31-13-10-24(19-40(31)43)28-18-25(34)11-14-30(28)39-20-35-37-38-39/h4-6,9-15,17-20,27H,2-3,7-8,16H2,1H3,(H,36,41). The zero-order chi connectivity index (χ0) is 30.6. The van der Waals surface area contributed by atoms with E-state index in [4.69, 9.17) is 16.3 Å². The predicted molar refractivity (Wildman–Crippen MR) is 165 cm³/mol. The fraction of sp³-hybridized carbons (Fsp3) is 0.212. The van der Waals surface area contributed by atoms with Crippen molar-refractivity contribution in [3.05, 3.63) is 112 Å². The molecular formula is C33H29ClN6O4. The molecule has 10 nitrogen and oxygen atoms in total. The van der Waals surface area contributed by atoms with Crippen LogP contribution in [0.1, 0.15) is 48.4 Å². The summed E-state index contributed by atoms with van der Waals surface area (Å²) in [6, 6.07) is 22.7. The molecule has 0 spiro atoms. The molecule has 3 heterocycles. The summed E-state index contributed by atoms with van der Waals surface area (Å²) in [5.74, 6) is -0.657. The number of nitrogens with one attached hydrogen (secondary N) is 1. The third-order valence-corrected chi connectivity index (χ3v) is 8.08. The Hall–Kier alpha value is -5.09. The number of carbonyl (C=O) groups is 2. The first-order chi connectivity index (χ1) is 21.4. The molecule has 3 aromatic carbocycles. The summed E-state index contributed by atoms with van der Waals surface area (Å²) in [5, 5.41) is 28.7. The minimum atomic E-state index is -0.354. The number of esters is 1. The van der Waals surface area contributed by atoms with Gasteiger partial charge in [0.15, 0.2) is 11.9 Å². The van der Waals surface area contributed by atoms with Gasteiger partial charge in [-0.15, -0.1) is 5.10 Å². The molecule has 0 fully saturated rings. The van der Waals surface area contributed by atoms with Crippen LogP contribution in [0.5, 0.6) is 0 Å². The number of anilines is 1. The number of carbonyl (C=O) groups excluding carboxylic acids is 2. The highest BCUT2D eigenvalue weighted by Crippen LogP contribution is 2.36. The number of nitrogens with zero attached hydrogens (tertiary/aromatic N) is 5. The molecule has 222 valence electrons. The van der Waals surface area contributed by atoms with Crippen LogP contribution in [0.4, 0.5) is 5.69 Å². The quantitative estimate of drug-likeness (QED) is 0.155. The number of halogens is 1. The van der Waals surface area contributed by atoms with Crippen LogP contribution < -0.4 is 10.0 Å². The smallest absolute Gasteiger partial charge is 0.309 e. The van der Waals surface area contributed by atoms with Crippen molar-refractivity contribution in [1.29, 1.82) is 0 Å². The number of ether oxygens (including phenoxy) is 1. The fourth-order valence-electron chi connectivity index (χ4n) is 5.68. The van der Waals surface area contributed by atoms with E-state index in [9.17, 15) is 14.8 Å². The Morgan fingerprint density at radius 2 is 1.95 bits per heavy atom. The first kappa shape index (κ1) is 29.0. The Labute approximate surface area is 258 Å². The van der Waals surface area contributed by atoms with Gasteiger partial charge in [0.1, 0.15) is 6.33 Å². The molecule has 2 bridgehead atoms. The Morgan fingerprint density at radius 1 is 1.07 bits per heavy atom. The highest BCUT2D eigenvalue weighted by atomic mass is 35.5. The maximum Gasteiger partial charge on any atom is 0.309 e. The average molecular weight is 609 g/mol. The van der Waals surface area contributed by atoms with Gasteiger partial charge in [-0.05, 0) is 70.3 Å². The van der Waals surface area contributed by atoms with E-state index >= 15 is 0 Å². The van der Waals surface area contributed by atoms with Gasteiger partial charge in [-0.25, -0.2) is 0 Å². The van der Waals surface area contributed by atoms with Gasteiger partial charge in [0.05, 0.1) is 25.1 Å². The Bertz CT molecular complexity index is 1840. The van der Waals surface area contributed by atoms with E-state index in [-0.39, 0.29) is 24.2 Å². The van der Waals surface area contributed by atoms with Gasteiger partial charge in [0.25, 0.3) is 0 Å². The van der Waals surface area contributed by atoms with Crippen LogP contribution in [0.25, 0.3) is 27.9 Å². The molecule has 0 radical (unpaired) electrons. The van der Waals surface area contributed by atoms with E-state index in [0.717, 1.165) is 39.0 Å². The topological polar surface area (TPSA) is 126 Å². The summed E-state index contributed by atoms with van der Waals surface area (Å²) < 4.78 is 7.27. The summed E-state index contributed by atoms with van der Waals surface area (Å²) in [6.07, 6.45) is 5.59. The Morgan fingerprint density at radius 3 is 2.75 bits per heavy atom. The lowest BCUT2D eigenvalue weighted by Gasteiger charge is -2.20. The molecule has 5 aromatic rings. The highest BCUT2D eigenvalue weighted by Gasteiger charge is 2.25. The van der Waals surface area contributed by atoms with E-state index in [0.29, 0.717) is 46.9 Å². The Kier molecular flexibility index (Phi) is 8.33. The van der Waals surface area contributed by atoms with Crippen LogP contribution >= 0.6 is 11.6 Å². The number of pyridine rings is 1. The molecular weight excluding hydrogens is 580 g/mol. The molecule has 0 aliphatic carbocycles. The van der Waals surface area contributed by atoms with Crippen molar-refractivity contribution in [2.45, 2.75) is 38.0 Å². The fourth-order valence-corrected chi connectivity index (χ4v) is 5.85. The first-order valence-corrected chi connectivity index (χ1v) is 14.6. The van der Waals surface area contributed by atoms with Gasteiger partial charge in [-0.2, -0.15) is 9.41 Å². The highest BCUT2D eigenvalue weighted by molar-refractivity contribution is 6.31. The maximum atomic E-state index is 13.7. The summed E-state index contributed by atoms with van der Waals surface area (Å²) in [7, 11) is 1.35. The zero-order valence-corrected chi connectivity index (χ0v) is 24.7. The number of benzene rings is 3. The van der Waals surface area contributed by atoms with Gasteiger partial charge >= 0.3 is 5.97 Å². The number of tetrazole rings is 1. The summed E-state index contributed by atoms with van der Waals surface area (Å²) in [6.45, 7) is 0. The second kappa shape index (κ2) is 12.6. The molecule has 11 heteroatoms. The molecule has 1 aliphatic heterocycles. The normalized spacial score (nSPS) is 15.0. The van der Waals surface area contributed by atoms with Gasteiger partial charge in [0, 0.05) is 39.9 Å². The molecule has 1 N–H and O–H groups in total. The van der Waals surface area contributed by atoms with Gasteiger partial charge in [0.2, 0.25) is 5.91 Å². The molecule has 1 atom stereocenters. The summed E-state index contributed by atoms with van der Waals surface area (Å²) in [5.41, 5.74) is 6.78. The van der Waals surface area contributed by atoms with E-state index in [2.05, 4.69) is 26.9 Å². The van der Waals surface area contributed by atoms with Crippen LogP contribution in [0.15, 0.2) is 85.3 Å². The van der Waals surface area contributed by atoms with Crippen molar-refractivity contribution >= 4 is 29.2 Å². The SMILES string of the molecule is COC(=O)Cc1ccc2c(c1)NC(=O)CCCCC(c1ccc(-c3cc(Cl)ccc3-n3cnnn3)c[n+]1[O-])c1cccc-2c1. The van der Waals surface area contributed by atoms with Crippen molar-refractivity contribution in [3.63, 3.8) is 0 Å². The number of fused-ring (bicyclic) bond motifs is 4. The van der Waals surface area contributed by atoms with Crippen molar-refractivity contribution in [2.24, 2.45) is 0 Å². The number of methoxy groups -OCH3 is 1. The van der Waals surface area contributed by atoms with Crippen molar-refractivity contribution in [2.75, 3.05) is 12.4 Å². The number of aromatic nitrogens is 5. The van der Waals surface area contributed by atoms with Crippen molar-refractivity contribution in [1.82, 2.24) is 20.2 Å². The van der Waals surface area contributed by atoms with Crippen LogP contribution in [-0.2, 0) is 20.7 Å². The lowest BCUT2D eigenvalue weighted by Crippen LogP contribution is -2.33. The van der Waals surface area contributed by atoms with E-state index < -0.39 is 0 Å². The third kappa shape index (κ3) is 6.16. The second-order valence-electron chi connectivity index (χ2n) is 10.7. The van der Waals surface area contributed by atoms with Crippen molar-refractivity contribution < 1.29 is 19.1 Å². The second-order valence-corrected chi connectivity index (χ2v) is 11.1. The lowest BCUT2D eigenvalue weighted by atomic mass is 9.87. The summed E-state index contributed by atoms with van der Waals surface area (Å²) in [4.78, 5) is 24.8. The van der Waals surface area contributed by atoms with Gasteiger partial charge < -0.3 is 15.3 Å². The van der Waals surface area contributed by atoms with Gasteiger partial charge in [-0.1, -0.05) is 54.4 Å². The first-order valence-electron chi connectivity index (χ1n) is 14.3. The molecule has 1 unspecified atom stereocenters. The summed E-state index contributed by atoms with van der Waals surface area (Å²) >= 11 is 6.33. The number of amides is 1. The van der Waals surface area contributed by atoms with Crippen LogP contribution in [0.2, 0.25) is 5.02 Å². The largest absolute Gasteiger partial charge is 0.618 e. The minimum Gasteiger partial charge on any atom is -0.618 e. The molecule has 44 heavy (non-hydrogen) atoms. The molecule has 6 rings (SSSR count). The molecule has 1 amide bonds. The maximum absolute atomic E-state index is 13.7.